The van der Waals surface area contributed by atoms with Gasteiger partial charge in [-0.2, -0.15) is 0 Å². The molecule has 0 aromatic rings. The van der Waals surface area contributed by atoms with Gasteiger partial charge in [-0.25, -0.2) is 13.6 Å². The van der Waals surface area contributed by atoms with Crippen LogP contribution in [0, 0.1) is 5.92 Å². The third kappa shape index (κ3) is 4.66. The van der Waals surface area contributed by atoms with Crippen LogP contribution in [0.5, 0.6) is 0 Å². The van der Waals surface area contributed by atoms with Gasteiger partial charge in [-0.15, -0.1) is 0 Å². The largest absolute Gasteiger partial charge is 0.444 e. The minimum atomic E-state index is -2.72. The zero-order chi connectivity index (χ0) is 13.3. The Morgan fingerprint density at radius 1 is 1.35 bits per heavy atom. The highest BCUT2D eigenvalue weighted by molar-refractivity contribution is 5.86. The number of alkyl halides is 2. The predicted molar refractivity (Wildman–Crippen MR) is 56.9 cm³/mol. The molecule has 0 aromatic heterocycles. The fraction of sp³-hybridized carbons (Fsp3) is 0.818. The Bertz CT molecular complexity index is 315. The molecule has 0 unspecified atom stereocenters. The van der Waals surface area contributed by atoms with Crippen molar-refractivity contribution in [3.05, 3.63) is 0 Å². The third-order valence-electron chi connectivity index (χ3n) is 2.35. The van der Waals surface area contributed by atoms with Gasteiger partial charge >= 0.3 is 6.09 Å². The first-order valence-corrected chi connectivity index (χ1v) is 5.46. The van der Waals surface area contributed by atoms with Crippen LogP contribution in [-0.4, -0.2) is 29.9 Å². The van der Waals surface area contributed by atoms with Crippen molar-refractivity contribution in [3.8, 4) is 0 Å². The van der Waals surface area contributed by atoms with Crippen LogP contribution in [0.3, 0.4) is 0 Å². The van der Waals surface area contributed by atoms with Gasteiger partial charge in [0.25, 0.3) is 0 Å². The molecule has 0 spiro atoms. The van der Waals surface area contributed by atoms with Gasteiger partial charge in [0.1, 0.15) is 5.60 Å². The lowest BCUT2D eigenvalue weighted by atomic mass is 9.78. The molecule has 0 radical (unpaired) electrons. The Morgan fingerprint density at radius 3 is 2.29 bits per heavy atom. The SMILES string of the molecule is CC(C)(C)OC(=O)NCC(=O)C1CC(F)(F)C1. The molecule has 4 nitrogen and oxygen atoms in total. The first-order chi connectivity index (χ1) is 7.59. The zero-order valence-electron chi connectivity index (χ0n) is 10.2. The molecule has 0 saturated heterocycles. The lowest BCUT2D eigenvalue weighted by Crippen LogP contribution is -2.44. The quantitative estimate of drug-likeness (QED) is 0.833. The molecule has 1 aliphatic carbocycles. The second-order valence-corrected chi connectivity index (χ2v) is 5.28. The highest BCUT2D eigenvalue weighted by atomic mass is 19.3. The van der Waals surface area contributed by atoms with Crippen molar-refractivity contribution in [2.24, 2.45) is 5.92 Å². The summed E-state index contributed by atoms with van der Waals surface area (Å²) in [6, 6.07) is 0. The van der Waals surface area contributed by atoms with Gasteiger partial charge in [-0.05, 0) is 20.8 Å². The van der Waals surface area contributed by atoms with Crippen molar-refractivity contribution in [1.82, 2.24) is 5.32 Å². The van der Waals surface area contributed by atoms with E-state index < -0.39 is 36.4 Å². The monoisotopic (exact) mass is 249 g/mol. The van der Waals surface area contributed by atoms with Gasteiger partial charge in [-0.3, -0.25) is 4.79 Å². The number of hydrogen-bond acceptors (Lipinski definition) is 3. The highest BCUT2D eigenvalue weighted by Crippen LogP contribution is 2.42. The molecule has 17 heavy (non-hydrogen) atoms. The van der Waals surface area contributed by atoms with Crippen molar-refractivity contribution in [3.63, 3.8) is 0 Å². The van der Waals surface area contributed by atoms with Gasteiger partial charge in [0.2, 0.25) is 5.92 Å². The van der Waals surface area contributed by atoms with E-state index in [9.17, 15) is 18.4 Å². The normalized spacial score (nSPS) is 19.4. The number of ether oxygens (including phenoxy) is 1. The number of carbonyl (C=O) groups is 2. The van der Waals surface area contributed by atoms with Gasteiger partial charge < -0.3 is 10.1 Å². The molecule has 1 fully saturated rings. The number of hydrogen-bond donors (Lipinski definition) is 1. The number of Topliss-reactive ketones (excluding diaryl/α,β-unsaturated/α-hetero) is 1. The number of ketones is 1. The first-order valence-electron chi connectivity index (χ1n) is 5.46. The summed E-state index contributed by atoms with van der Waals surface area (Å²) in [6.45, 7) is 4.83. The van der Waals surface area contributed by atoms with E-state index in [2.05, 4.69) is 5.32 Å². The molecule has 1 aliphatic rings. The molecule has 0 aromatic carbocycles. The van der Waals surface area contributed by atoms with Crippen LogP contribution in [0.1, 0.15) is 33.6 Å². The number of nitrogens with one attached hydrogen (secondary N) is 1. The maximum absolute atomic E-state index is 12.5. The molecule has 0 aliphatic heterocycles. The standard InChI is InChI=1S/C11H17F2NO3/c1-10(2,3)17-9(16)14-6-8(15)7-4-11(12,13)5-7/h7H,4-6H2,1-3H3,(H,14,16). The molecular weight excluding hydrogens is 232 g/mol. The molecular formula is C11H17F2NO3. The average Bonchev–Trinajstić information content (AvgIpc) is 2.07. The number of alkyl carbamates (subject to hydrolysis) is 1. The summed E-state index contributed by atoms with van der Waals surface area (Å²) < 4.78 is 29.9. The van der Waals surface area contributed by atoms with E-state index in [1.807, 2.05) is 0 Å². The van der Waals surface area contributed by atoms with Gasteiger partial charge in [0, 0.05) is 18.8 Å². The molecule has 6 heteroatoms. The fourth-order valence-electron chi connectivity index (χ4n) is 1.51. The van der Waals surface area contributed by atoms with Crippen LogP contribution < -0.4 is 5.32 Å². The minimum Gasteiger partial charge on any atom is -0.444 e. The van der Waals surface area contributed by atoms with Crippen LogP contribution in [0.2, 0.25) is 0 Å². The molecule has 0 atom stereocenters. The number of rotatable bonds is 3. The van der Waals surface area contributed by atoms with Gasteiger partial charge in [0.05, 0.1) is 6.54 Å². The van der Waals surface area contributed by atoms with Gasteiger partial charge in [-0.1, -0.05) is 0 Å². The van der Waals surface area contributed by atoms with Crippen LogP contribution in [0.15, 0.2) is 0 Å². The van der Waals surface area contributed by atoms with E-state index >= 15 is 0 Å². The molecule has 1 N–H and O–H groups in total. The Balaban J connectivity index is 2.23. The van der Waals surface area contributed by atoms with Crippen LogP contribution >= 0.6 is 0 Å². The number of carbonyl (C=O) groups excluding carboxylic acids is 2. The molecule has 1 amide bonds. The molecule has 1 rings (SSSR count). The van der Waals surface area contributed by atoms with Crippen LogP contribution in [-0.2, 0) is 9.53 Å². The minimum absolute atomic E-state index is 0.254. The predicted octanol–water partition coefficient (Wildman–Crippen LogP) is 2.13. The van der Waals surface area contributed by atoms with Crippen molar-refractivity contribution in [1.29, 1.82) is 0 Å². The van der Waals surface area contributed by atoms with E-state index in [-0.39, 0.29) is 12.3 Å². The smallest absolute Gasteiger partial charge is 0.408 e. The van der Waals surface area contributed by atoms with Crippen LogP contribution in [0.25, 0.3) is 0 Å². The maximum atomic E-state index is 12.5. The van der Waals surface area contributed by atoms with Crippen molar-refractivity contribution < 1.29 is 23.1 Å². The zero-order valence-corrected chi connectivity index (χ0v) is 10.2. The summed E-state index contributed by atoms with van der Waals surface area (Å²) in [6.07, 6.45) is -1.54. The van der Waals surface area contributed by atoms with Crippen molar-refractivity contribution >= 4 is 11.9 Å². The Hall–Kier alpha value is -1.20. The Kier molecular flexibility index (Phi) is 3.74. The average molecular weight is 249 g/mol. The third-order valence-corrected chi connectivity index (χ3v) is 2.35. The van der Waals surface area contributed by atoms with E-state index in [1.165, 1.54) is 0 Å². The second-order valence-electron chi connectivity index (χ2n) is 5.28. The first kappa shape index (κ1) is 13.9. The lowest BCUT2D eigenvalue weighted by molar-refractivity contribution is -0.147. The molecule has 1 saturated carbocycles. The number of amides is 1. The highest BCUT2D eigenvalue weighted by Gasteiger charge is 2.48. The van der Waals surface area contributed by atoms with E-state index in [0.29, 0.717) is 0 Å². The summed E-state index contributed by atoms with van der Waals surface area (Å²) in [4.78, 5) is 22.6. The van der Waals surface area contributed by atoms with Gasteiger partial charge in [0.15, 0.2) is 5.78 Å². The summed E-state index contributed by atoms with van der Waals surface area (Å²) in [5.74, 6) is -3.73. The van der Waals surface area contributed by atoms with Crippen molar-refractivity contribution in [2.45, 2.75) is 45.1 Å². The molecule has 98 valence electrons. The summed E-state index contributed by atoms with van der Waals surface area (Å²) in [5, 5.41) is 2.26. The lowest BCUT2D eigenvalue weighted by Gasteiger charge is -2.33. The molecule has 0 heterocycles. The molecule has 0 bridgehead atoms. The maximum Gasteiger partial charge on any atom is 0.408 e. The number of halogens is 2. The Morgan fingerprint density at radius 2 is 1.88 bits per heavy atom. The Labute approximate surface area is 98.7 Å². The summed E-state index contributed by atoms with van der Waals surface area (Å²) >= 11 is 0. The van der Waals surface area contributed by atoms with E-state index in [1.54, 1.807) is 20.8 Å². The summed E-state index contributed by atoms with van der Waals surface area (Å²) in [5.41, 5.74) is -0.642. The summed E-state index contributed by atoms with van der Waals surface area (Å²) in [7, 11) is 0. The van der Waals surface area contributed by atoms with E-state index in [0.717, 1.165) is 0 Å². The second kappa shape index (κ2) is 4.58. The van der Waals surface area contributed by atoms with Crippen molar-refractivity contribution in [2.75, 3.05) is 6.54 Å². The topological polar surface area (TPSA) is 55.4 Å². The fourth-order valence-corrected chi connectivity index (χ4v) is 1.51. The van der Waals surface area contributed by atoms with Crippen LogP contribution in [0.4, 0.5) is 13.6 Å². The van der Waals surface area contributed by atoms with E-state index in [4.69, 9.17) is 4.74 Å².